The number of halogens is 3. The van der Waals surface area contributed by atoms with Gasteiger partial charge in [0.05, 0.1) is 30.6 Å². The van der Waals surface area contributed by atoms with Crippen LogP contribution in [0.25, 0.3) is 0 Å². The number of alkyl halides is 3. The van der Waals surface area contributed by atoms with Gasteiger partial charge >= 0.3 is 12.0 Å². The quantitative estimate of drug-likeness (QED) is 0.580. The van der Waals surface area contributed by atoms with Crippen molar-refractivity contribution in [1.29, 1.82) is 0 Å². The molecule has 0 amide bonds. The highest BCUT2D eigenvalue weighted by molar-refractivity contribution is 7.89. The molecule has 1 aromatic heterocycles. The van der Waals surface area contributed by atoms with E-state index in [2.05, 4.69) is 5.10 Å². The van der Waals surface area contributed by atoms with Gasteiger partial charge in [-0.05, 0) is 18.8 Å². The lowest BCUT2D eigenvalue weighted by Crippen LogP contribution is -2.59. The second-order valence-corrected chi connectivity index (χ2v) is 6.97. The van der Waals surface area contributed by atoms with Crippen molar-refractivity contribution in [2.45, 2.75) is 43.6 Å². The maximum absolute atomic E-state index is 13.3. The summed E-state index contributed by atoms with van der Waals surface area (Å²) in [6.45, 7) is 1.97. The van der Waals surface area contributed by atoms with E-state index < -0.39 is 50.5 Å². The van der Waals surface area contributed by atoms with Gasteiger partial charge in [0.15, 0.2) is 0 Å². The van der Waals surface area contributed by atoms with Crippen molar-refractivity contribution in [2.75, 3.05) is 13.2 Å². The first-order valence-corrected chi connectivity index (χ1v) is 8.36. The Morgan fingerprint density at radius 2 is 2.12 bits per heavy atom. The molecule has 0 aliphatic carbocycles. The van der Waals surface area contributed by atoms with Gasteiger partial charge in [-0.25, -0.2) is 8.42 Å². The lowest BCUT2D eigenvalue weighted by Gasteiger charge is -2.39. The molecule has 2 atom stereocenters. The molecule has 0 unspecified atom stereocenters. The molecular weight excluding hydrogens is 357 g/mol. The Bertz CT molecular complexity index is 733. The summed E-state index contributed by atoms with van der Waals surface area (Å²) in [6.07, 6.45) is -5.46. The van der Waals surface area contributed by atoms with Gasteiger partial charge in [0.25, 0.3) is 10.0 Å². The monoisotopic (exact) mass is 372 g/mol. The van der Waals surface area contributed by atoms with Gasteiger partial charge in [-0.2, -0.15) is 22.2 Å². The average Bonchev–Trinajstić information content (AvgIpc) is 2.91. The maximum atomic E-state index is 13.3. The number of rotatable bonds is 4. The lowest BCUT2D eigenvalue weighted by atomic mass is 10.1. The third-order valence-electron chi connectivity index (χ3n) is 3.58. The fraction of sp³-hybridized carbons (Fsp3) is 0.727. The Morgan fingerprint density at radius 1 is 1.50 bits per heavy atom. The van der Waals surface area contributed by atoms with E-state index in [1.165, 1.54) is 0 Å². The number of hydrogen-bond donors (Lipinski definition) is 0. The van der Waals surface area contributed by atoms with E-state index in [9.17, 15) is 31.7 Å². The zero-order chi connectivity index (χ0) is 18.3. The van der Waals surface area contributed by atoms with Crippen LogP contribution in [0.1, 0.15) is 13.8 Å². The molecule has 1 aliphatic rings. The molecular formula is C11H15F3N4O5S. The largest absolute Gasteiger partial charge is 0.410 e. The van der Waals surface area contributed by atoms with Gasteiger partial charge in [0.2, 0.25) is 4.90 Å². The van der Waals surface area contributed by atoms with Crippen LogP contribution in [0, 0.1) is 10.1 Å². The van der Waals surface area contributed by atoms with Crippen molar-refractivity contribution in [2.24, 2.45) is 0 Å². The van der Waals surface area contributed by atoms with E-state index in [0.29, 0.717) is 0 Å². The van der Waals surface area contributed by atoms with Crippen LogP contribution in [0.5, 0.6) is 0 Å². The van der Waals surface area contributed by atoms with Gasteiger partial charge in [-0.1, -0.05) is 0 Å². The zero-order valence-electron chi connectivity index (χ0n) is 12.7. The summed E-state index contributed by atoms with van der Waals surface area (Å²) in [5.41, 5.74) is 0. The van der Waals surface area contributed by atoms with Crippen molar-refractivity contribution in [3.63, 3.8) is 0 Å². The number of hydrogen-bond acceptors (Lipinski definition) is 6. The Kier molecular flexibility index (Phi) is 4.88. The molecule has 136 valence electrons. The normalized spacial score (nSPS) is 23.4. The Morgan fingerprint density at radius 3 is 2.62 bits per heavy atom. The van der Waals surface area contributed by atoms with Crippen LogP contribution in [-0.4, -0.2) is 58.9 Å². The van der Waals surface area contributed by atoms with Crippen LogP contribution in [0.2, 0.25) is 0 Å². The van der Waals surface area contributed by atoms with Crippen molar-refractivity contribution in [1.82, 2.24) is 14.1 Å². The minimum atomic E-state index is -4.89. The van der Waals surface area contributed by atoms with Crippen LogP contribution in [0.3, 0.4) is 0 Å². The first-order valence-electron chi connectivity index (χ1n) is 6.92. The SMILES string of the molecule is CCn1cc(S(=O)(=O)N2CCO[C@@H](C)[C@H]2C(F)(F)F)c([N+](=O)[O-])n1. The van der Waals surface area contributed by atoms with Crippen LogP contribution in [0.15, 0.2) is 11.1 Å². The van der Waals surface area contributed by atoms with Gasteiger partial charge in [-0.15, -0.1) is 0 Å². The highest BCUT2D eigenvalue weighted by Crippen LogP contribution is 2.36. The molecule has 0 bridgehead atoms. The average molecular weight is 372 g/mol. The number of aromatic nitrogens is 2. The second-order valence-electron chi connectivity index (χ2n) is 5.11. The Hall–Kier alpha value is -1.73. The third kappa shape index (κ3) is 3.23. The number of morpholine rings is 1. The molecule has 1 aliphatic heterocycles. The van der Waals surface area contributed by atoms with E-state index >= 15 is 0 Å². The highest BCUT2D eigenvalue weighted by atomic mass is 32.2. The first kappa shape index (κ1) is 18.6. The molecule has 24 heavy (non-hydrogen) atoms. The molecule has 0 N–H and O–H groups in total. The van der Waals surface area contributed by atoms with Gasteiger partial charge in [-0.3, -0.25) is 0 Å². The fourth-order valence-electron chi connectivity index (χ4n) is 2.48. The Labute approximate surface area is 135 Å². The van der Waals surface area contributed by atoms with E-state index in [4.69, 9.17) is 4.74 Å². The molecule has 2 heterocycles. The van der Waals surface area contributed by atoms with Crippen LogP contribution in [0.4, 0.5) is 19.0 Å². The maximum Gasteiger partial charge on any atom is 0.410 e. The van der Waals surface area contributed by atoms with Gasteiger partial charge in [0, 0.05) is 6.54 Å². The molecule has 1 fully saturated rings. The smallest absolute Gasteiger partial charge is 0.375 e. The lowest BCUT2D eigenvalue weighted by molar-refractivity contribution is -0.392. The zero-order valence-corrected chi connectivity index (χ0v) is 13.5. The summed E-state index contributed by atoms with van der Waals surface area (Å²) in [6, 6.07) is -2.43. The van der Waals surface area contributed by atoms with Crippen molar-refractivity contribution in [3.05, 3.63) is 16.3 Å². The predicted octanol–water partition coefficient (Wildman–Crippen LogP) is 1.15. The summed E-state index contributed by atoms with van der Waals surface area (Å²) in [5.74, 6) is -1.00. The standard InChI is InChI=1S/C11H15F3N4O5S/c1-3-16-6-8(10(15-16)18(19)20)24(21,22)17-4-5-23-7(2)9(17)11(12,13)14/h6-7,9H,3-5H2,1-2H3/t7-,9-/m0/s1. The number of aryl methyl sites for hydroxylation is 1. The third-order valence-corrected chi connectivity index (χ3v) is 5.45. The van der Waals surface area contributed by atoms with E-state index in [-0.39, 0.29) is 17.5 Å². The predicted molar refractivity (Wildman–Crippen MR) is 73.7 cm³/mol. The Balaban J connectivity index is 2.56. The number of nitro groups is 1. The first-order chi connectivity index (χ1) is 11.0. The molecule has 1 saturated heterocycles. The molecule has 0 radical (unpaired) electrons. The minimum absolute atomic E-state index is 0.124. The summed E-state index contributed by atoms with van der Waals surface area (Å²) in [5, 5.41) is 14.5. The van der Waals surface area contributed by atoms with Crippen LogP contribution < -0.4 is 0 Å². The highest BCUT2D eigenvalue weighted by Gasteiger charge is 2.54. The number of ether oxygens (including phenoxy) is 1. The van der Waals surface area contributed by atoms with E-state index in [1.54, 1.807) is 6.92 Å². The molecule has 9 nitrogen and oxygen atoms in total. The van der Waals surface area contributed by atoms with Gasteiger partial charge < -0.3 is 14.9 Å². The van der Waals surface area contributed by atoms with Gasteiger partial charge in [0.1, 0.15) is 6.04 Å². The van der Waals surface area contributed by atoms with Crippen molar-refractivity contribution >= 4 is 15.8 Å². The van der Waals surface area contributed by atoms with Crippen molar-refractivity contribution in [3.8, 4) is 0 Å². The van der Waals surface area contributed by atoms with E-state index in [0.717, 1.165) is 17.8 Å². The summed E-state index contributed by atoms with van der Waals surface area (Å²) < 4.78 is 71.2. The number of sulfonamides is 1. The fourth-order valence-corrected chi connectivity index (χ4v) is 4.24. The van der Waals surface area contributed by atoms with Crippen LogP contribution >= 0.6 is 0 Å². The summed E-state index contributed by atoms with van der Waals surface area (Å²) in [7, 11) is -4.78. The molecule has 0 saturated carbocycles. The summed E-state index contributed by atoms with van der Waals surface area (Å²) in [4.78, 5) is 9.12. The van der Waals surface area contributed by atoms with Crippen molar-refractivity contribution < 1.29 is 31.2 Å². The topological polar surface area (TPSA) is 108 Å². The van der Waals surface area contributed by atoms with Crippen LogP contribution in [-0.2, 0) is 21.3 Å². The molecule has 0 spiro atoms. The molecule has 0 aromatic carbocycles. The minimum Gasteiger partial charge on any atom is -0.375 e. The number of nitrogens with zero attached hydrogens (tertiary/aromatic N) is 4. The second kappa shape index (κ2) is 6.29. The van der Waals surface area contributed by atoms with E-state index in [1.807, 2.05) is 0 Å². The molecule has 13 heteroatoms. The molecule has 1 aromatic rings. The molecule has 2 rings (SSSR count). The summed E-state index contributed by atoms with van der Waals surface area (Å²) >= 11 is 0.